The molecule has 0 atom stereocenters. The Labute approximate surface area is 128 Å². The van der Waals surface area contributed by atoms with Crippen molar-refractivity contribution in [3.05, 3.63) is 30.1 Å². The third kappa shape index (κ3) is 5.09. The van der Waals surface area contributed by atoms with Gasteiger partial charge in [0.2, 0.25) is 11.8 Å². The molecular formula is C15H20FN3O3. The first-order valence-electron chi connectivity index (χ1n) is 7.14. The Morgan fingerprint density at radius 3 is 2.73 bits per heavy atom. The van der Waals surface area contributed by atoms with E-state index in [-0.39, 0.29) is 24.9 Å². The van der Waals surface area contributed by atoms with Crippen LogP contribution in [-0.2, 0) is 14.3 Å². The molecule has 1 heterocycles. The van der Waals surface area contributed by atoms with Crippen molar-refractivity contribution in [2.45, 2.75) is 0 Å². The summed E-state index contributed by atoms with van der Waals surface area (Å²) in [5, 5.41) is 2.60. The Morgan fingerprint density at radius 1 is 1.32 bits per heavy atom. The first-order valence-corrected chi connectivity index (χ1v) is 7.14. The predicted octanol–water partition coefficient (Wildman–Crippen LogP) is 0.555. The highest BCUT2D eigenvalue weighted by Gasteiger charge is 2.19. The SMILES string of the molecule is CN(CC(=O)Nc1cccc(F)c1)CC(=O)N1CCOCC1. The number of likely N-dealkylation sites (N-methyl/N-ethyl adjacent to an activating group) is 1. The minimum atomic E-state index is -0.409. The molecule has 1 aliphatic heterocycles. The van der Waals surface area contributed by atoms with Gasteiger partial charge < -0.3 is 15.0 Å². The number of benzene rings is 1. The molecule has 1 aromatic carbocycles. The third-order valence-corrected chi connectivity index (χ3v) is 3.29. The smallest absolute Gasteiger partial charge is 0.238 e. The number of ether oxygens (including phenoxy) is 1. The zero-order chi connectivity index (χ0) is 15.9. The maximum Gasteiger partial charge on any atom is 0.238 e. The number of nitrogens with zero attached hydrogens (tertiary/aromatic N) is 2. The summed E-state index contributed by atoms with van der Waals surface area (Å²) in [5.74, 6) is -0.721. The van der Waals surface area contributed by atoms with E-state index in [1.54, 1.807) is 22.9 Å². The summed E-state index contributed by atoms with van der Waals surface area (Å²) >= 11 is 0. The van der Waals surface area contributed by atoms with E-state index in [4.69, 9.17) is 4.74 Å². The average Bonchev–Trinajstić information content (AvgIpc) is 2.47. The predicted molar refractivity (Wildman–Crippen MR) is 79.9 cm³/mol. The minimum absolute atomic E-state index is 0.0237. The van der Waals surface area contributed by atoms with Crippen LogP contribution in [0.1, 0.15) is 0 Å². The Hall–Kier alpha value is -1.99. The van der Waals surface area contributed by atoms with E-state index in [1.165, 1.54) is 18.2 Å². The van der Waals surface area contributed by atoms with Crippen molar-refractivity contribution in [1.82, 2.24) is 9.80 Å². The van der Waals surface area contributed by atoms with Crippen molar-refractivity contribution < 1.29 is 18.7 Å². The van der Waals surface area contributed by atoms with Crippen molar-refractivity contribution >= 4 is 17.5 Å². The molecule has 22 heavy (non-hydrogen) atoms. The topological polar surface area (TPSA) is 61.9 Å². The van der Waals surface area contributed by atoms with Gasteiger partial charge in [0.25, 0.3) is 0 Å². The molecule has 0 radical (unpaired) electrons. The van der Waals surface area contributed by atoms with Gasteiger partial charge in [-0.25, -0.2) is 4.39 Å². The van der Waals surface area contributed by atoms with Gasteiger partial charge in [0.05, 0.1) is 26.3 Å². The maximum atomic E-state index is 13.0. The van der Waals surface area contributed by atoms with E-state index in [0.29, 0.717) is 32.0 Å². The number of rotatable bonds is 5. The number of amides is 2. The van der Waals surface area contributed by atoms with Gasteiger partial charge in [0.15, 0.2) is 0 Å². The van der Waals surface area contributed by atoms with Crippen LogP contribution in [0.3, 0.4) is 0 Å². The van der Waals surface area contributed by atoms with Crippen LogP contribution < -0.4 is 5.32 Å². The molecular weight excluding hydrogens is 289 g/mol. The molecule has 0 aromatic heterocycles. The number of carbonyl (C=O) groups excluding carboxylic acids is 2. The summed E-state index contributed by atoms with van der Waals surface area (Å²) < 4.78 is 18.2. The molecule has 0 unspecified atom stereocenters. The second-order valence-corrected chi connectivity index (χ2v) is 5.22. The molecule has 0 aliphatic carbocycles. The van der Waals surface area contributed by atoms with Gasteiger partial charge in [0, 0.05) is 18.8 Å². The van der Waals surface area contributed by atoms with Crippen molar-refractivity contribution in [1.29, 1.82) is 0 Å². The van der Waals surface area contributed by atoms with Gasteiger partial charge in [-0.05, 0) is 25.2 Å². The first-order chi connectivity index (χ1) is 10.5. The van der Waals surface area contributed by atoms with Crippen LogP contribution in [-0.4, -0.2) is 68.1 Å². The van der Waals surface area contributed by atoms with Crippen LogP contribution in [0.2, 0.25) is 0 Å². The zero-order valence-electron chi connectivity index (χ0n) is 12.5. The Kier molecular flexibility index (Phi) is 5.85. The monoisotopic (exact) mass is 309 g/mol. The van der Waals surface area contributed by atoms with Gasteiger partial charge in [-0.2, -0.15) is 0 Å². The molecule has 120 valence electrons. The number of halogens is 1. The van der Waals surface area contributed by atoms with Crippen LogP contribution in [0.4, 0.5) is 10.1 Å². The minimum Gasteiger partial charge on any atom is -0.378 e. The van der Waals surface area contributed by atoms with E-state index >= 15 is 0 Å². The molecule has 2 rings (SSSR count). The Bertz CT molecular complexity index is 533. The fraction of sp³-hybridized carbons (Fsp3) is 0.467. The summed E-state index contributed by atoms with van der Waals surface area (Å²) in [7, 11) is 1.70. The lowest BCUT2D eigenvalue weighted by atomic mass is 10.3. The van der Waals surface area contributed by atoms with E-state index in [1.807, 2.05) is 0 Å². The summed E-state index contributed by atoms with van der Waals surface area (Å²) in [4.78, 5) is 27.3. The van der Waals surface area contributed by atoms with Crippen molar-refractivity contribution in [3.63, 3.8) is 0 Å². The van der Waals surface area contributed by atoms with Crippen molar-refractivity contribution in [2.24, 2.45) is 0 Å². The highest BCUT2D eigenvalue weighted by Crippen LogP contribution is 2.08. The average molecular weight is 309 g/mol. The second kappa shape index (κ2) is 7.86. The molecule has 1 N–H and O–H groups in total. The number of nitrogens with one attached hydrogen (secondary N) is 1. The molecule has 0 bridgehead atoms. The third-order valence-electron chi connectivity index (χ3n) is 3.29. The van der Waals surface area contributed by atoms with E-state index in [0.717, 1.165) is 0 Å². The van der Waals surface area contributed by atoms with Gasteiger partial charge in [-0.1, -0.05) is 6.07 Å². The summed E-state index contributed by atoms with van der Waals surface area (Å²) in [5.41, 5.74) is 0.401. The lowest BCUT2D eigenvalue weighted by Crippen LogP contribution is -2.46. The van der Waals surface area contributed by atoms with Crippen LogP contribution in [0.15, 0.2) is 24.3 Å². The van der Waals surface area contributed by atoms with Gasteiger partial charge in [-0.15, -0.1) is 0 Å². The van der Waals surface area contributed by atoms with E-state index < -0.39 is 5.82 Å². The lowest BCUT2D eigenvalue weighted by Gasteiger charge is -2.28. The van der Waals surface area contributed by atoms with Gasteiger partial charge >= 0.3 is 0 Å². The highest BCUT2D eigenvalue weighted by atomic mass is 19.1. The first kappa shape index (κ1) is 16.4. The number of morpholine rings is 1. The molecule has 0 spiro atoms. The molecule has 2 amide bonds. The van der Waals surface area contributed by atoms with Crippen LogP contribution >= 0.6 is 0 Å². The Morgan fingerprint density at radius 2 is 2.05 bits per heavy atom. The molecule has 1 fully saturated rings. The number of hydrogen-bond donors (Lipinski definition) is 1. The highest BCUT2D eigenvalue weighted by molar-refractivity contribution is 5.92. The van der Waals surface area contributed by atoms with Crippen molar-refractivity contribution in [3.8, 4) is 0 Å². The summed E-state index contributed by atoms with van der Waals surface area (Å²) in [6.45, 7) is 2.50. The molecule has 6 nitrogen and oxygen atoms in total. The quantitative estimate of drug-likeness (QED) is 0.863. The maximum absolute atomic E-state index is 13.0. The second-order valence-electron chi connectivity index (χ2n) is 5.22. The molecule has 7 heteroatoms. The summed E-state index contributed by atoms with van der Waals surface area (Å²) in [6.07, 6.45) is 0. The molecule has 1 aromatic rings. The normalized spacial score (nSPS) is 15.0. The van der Waals surface area contributed by atoms with E-state index in [2.05, 4.69) is 5.32 Å². The fourth-order valence-corrected chi connectivity index (χ4v) is 2.21. The molecule has 1 aliphatic rings. The number of carbonyl (C=O) groups is 2. The Balaban J connectivity index is 1.77. The molecule has 1 saturated heterocycles. The largest absolute Gasteiger partial charge is 0.378 e. The zero-order valence-corrected chi connectivity index (χ0v) is 12.5. The lowest BCUT2D eigenvalue weighted by molar-refractivity contribution is -0.136. The summed E-state index contributed by atoms with van der Waals surface area (Å²) in [6, 6.07) is 5.69. The van der Waals surface area contributed by atoms with E-state index in [9.17, 15) is 14.0 Å². The fourth-order valence-electron chi connectivity index (χ4n) is 2.21. The van der Waals surface area contributed by atoms with Crippen LogP contribution in [0.25, 0.3) is 0 Å². The number of anilines is 1. The van der Waals surface area contributed by atoms with Crippen LogP contribution in [0, 0.1) is 5.82 Å². The van der Waals surface area contributed by atoms with Crippen molar-refractivity contribution in [2.75, 3.05) is 51.8 Å². The standard InChI is InChI=1S/C15H20FN3O3/c1-18(11-15(21)19-5-7-22-8-6-19)10-14(20)17-13-4-2-3-12(16)9-13/h2-4,9H,5-8,10-11H2,1H3,(H,17,20). The van der Waals surface area contributed by atoms with Gasteiger partial charge in [0.1, 0.15) is 5.82 Å². The van der Waals surface area contributed by atoms with Crippen LogP contribution in [0.5, 0.6) is 0 Å². The number of hydrogen-bond acceptors (Lipinski definition) is 4. The van der Waals surface area contributed by atoms with Gasteiger partial charge in [-0.3, -0.25) is 14.5 Å². The molecule has 0 saturated carbocycles.